The summed E-state index contributed by atoms with van der Waals surface area (Å²) < 4.78 is 11.1. The fourth-order valence-corrected chi connectivity index (χ4v) is 2.65. The van der Waals surface area contributed by atoms with Gasteiger partial charge in [-0.3, -0.25) is 14.4 Å². The van der Waals surface area contributed by atoms with Crippen molar-refractivity contribution < 1.29 is 39.2 Å². The van der Waals surface area contributed by atoms with E-state index in [1.807, 2.05) is 0 Å². The number of aliphatic hydroxyl groups excluding tert-OH is 3. The largest absolute Gasteiger partial charge is 0.394 e. The first-order valence-electron chi connectivity index (χ1n) is 8.16. The molecule has 0 spiro atoms. The van der Waals surface area contributed by atoms with Gasteiger partial charge in [0.25, 0.3) is 0 Å². The number of amides is 3. The van der Waals surface area contributed by atoms with Crippen molar-refractivity contribution >= 4 is 17.7 Å². The van der Waals surface area contributed by atoms with Gasteiger partial charge in [0.2, 0.25) is 17.7 Å². The first-order chi connectivity index (χ1) is 12.1. The van der Waals surface area contributed by atoms with Gasteiger partial charge in [-0.05, 0) is 6.92 Å². The molecule has 6 N–H and O–H groups in total. The molecule has 26 heavy (non-hydrogen) atoms. The van der Waals surface area contributed by atoms with Gasteiger partial charge in [0, 0.05) is 20.9 Å². The highest BCUT2D eigenvalue weighted by Crippen LogP contribution is 2.23. The van der Waals surface area contributed by atoms with Gasteiger partial charge in [-0.15, -0.1) is 0 Å². The van der Waals surface area contributed by atoms with Gasteiger partial charge in [-0.2, -0.15) is 0 Å². The number of carbonyl (C=O) groups excluding carboxylic acids is 3. The topological polar surface area (TPSA) is 166 Å². The summed E-state index contributed by atoms with van der Waals surface area (Å²) in [6.45, 7) is 3.35. The standard InChI is InChI=1S/C15H27N3O8/c1-6(10(14(24)16-4)17-7(2)20)25-15-11(18-8(3)21)13(23)12(22)9(5-19)26-15/h6,9-13,15,19,22-23H,5H2,1-4H3,(H,16,24)(H,17,20)(H,18,21)/t6-,9-,10+,11-,12-,13-,15+/m1/s1. The van der Waals surface area contributed by atoms with Crippen LogP contribution in [0.2, 0.25) is 0 Å². The second-order valence-electron chi connectivity index (χ2n) is 6.07. The van der Waals surface area contributed by atoms with Crippen LogP contribution in [0.4, 0.5) is 0 Å². The highest BCUT2D eigenvalue weighted by molar-refractivity contribution is 5.87. The number of ether oxygens (including phenoxy) is 2. The minimum absolute atomic E-state index is 0.458. The van der Waals surface area contributed by atoms with Crippen LogP contribution in [0, 0.1) is 0 Å². The van der Waals surface area contributed by atoms with E-state index in [1.165, 1.54) is 27.8 Å². The van der Waals surface area contributed by atoms with E-state index in [-0.39, 0.29) is 0 Å². The Morgan fingerprint density at radius 3 is 2.23 bits per heavy atom. The SMILES string of the molecule is CNC(=O)[C@@H](NC(C)=O)[C@@H](C)O[C@H]1O[C@H](CO)[C@@H](O)[C@H](O)[C@H]1NC(C)=O. The predicted molar refractivity (Wildman–Crippen MR) is 87.6 cm³/mol. The van der Waals surface area contributed by atoms with Crippen LogP contribution in [0.3, 0.4) is 0 Å². The molecule has 3 amide bonds. The molecule has 0 aromatic carbocycles. The van der Waals surface area contributed by atoms with Crippen LogP contribution in [0.25, 0.3) is 0 Å². The highest BCUT2D eigenvalue weighted by Gasteiger charge is 2.46. The van der Waals surface area contributed by atoms with E-state index in [0.717, 1.165) is 0 Å². The lowest BCUT2D eigenvalue weighted by atomic mass is 9.96. The molecule has 150 valence electrons. The molecule has 0 bridgehead atoms. The maximum absolute atomic E-state index is 12.0. The van der Waals surface area contributed by atoms with Crippen molar-refractivity contribution in [1.82, 2.24) is 16.0 Å². The molecule has 1 aliphatic heterocycles. The highest BCUT2D eigenvalue weighted by atomic mass is 16.7. The van der Waals surface area contributed by atoms with Crippen molar-refractivity contribution in [2.75, 3.05) is 13.7 Å². The second kappa shape index (κ2) is 9.78. The molecule has 0 radical (unpaired) electrons. The molecule has 11 nitrogen and oxygen atoms in total. The average molecular weight is 377 g/mol. The van der Waals surface area contributed by atoms with E-state index in [0.29, 0.717) is 0 Å². The van der Waals surface area contributed by atoms with Crippen molar-refractivity contribution in [2.45, 2.75) is 63.6 Å². The van der Waals surface area contributed by atoms with Crippen molar-refractivity contribution in [2.24, 2.45) is 0 Å². The van der Waals surface area contributed by atoms with E-state index >= 15 is 0 Å². The molecule has 0 aromatic heterocycles. The molecule has 0 aliphatic carbocycles. The van der Waals surface area contributed by atoms with Gasteiger partial charge in [-0.25, -0.2) is 0 Å². The lowest BCUT2D eigenvalue weighted by Gasteiger charge is -2.43. The van der Waals surface area contributed by atoms with Gasteiger partial charge < -0.3 is 40.7 Å². The van der Waals surface area contributed by atoms with Gasteiger partial charge in [-0.1, -0.05) is 0 Å². The third kappa shape index (κ3) is 5.61. The third-order valence-corrected chi connectivity index (χ3v) is 3.96. The number of hydrogen-bond donors (Lipinski definition) is 6. The normalized spacial score (nSPS) is 30.8. The number of nitrogens with one attached hydrogen (secondary N) is 3. The summed E-state index contributed by atoms with van der Waals surface area (Å²) >= 11 is 0. The lowest BCUT2D eigenvalue weighted by molar-refractivity contribution is -0.281. The number of rotatable bonds is 7. The van der Waals surface area contributed by atoms with Crippen LogP contribution >= 0.6 is 0 Å². The maximum atomic E-state index is 12.0. The molecule has 11 heteroatoms. The Balaban J connectivity index is 3.00. The Bertz CT molecular complexity index is 517. The fraction of sp³-hybridized carbons (Fsp3) is 0.800. The minimum atomic E-state index is -1.47. The number of carbonyl (C=O) groups is 3. The Labute approximate surface area is 151 Å². The molecular weight excluding hydrogens is 350 g/mol. The third-order valence-electron chi connectivity index (χ3n) is 3.96. The molecule has 1 saturated heterocycles. The van der Waals surface area contributed by atoms with Gasteiger partial charge in [0.1, 0.15) is 30.4 Å². The summed E-state index contributed by atoms with van der Waals surface area (Å²) in [6.07, 6.45) is -6.25. The molecule has 1 heterocycles. The summed E-state index contributed by atoms with van der Waals surface area (Å²) in [5.74, 6) is -1.47. The number of aliphatic hydroxyl groups is 3. The van der Waals surface area contributed by atoms with E-state index in [4.69, 9.17) is 9.47 Å². The van der Waals surface area contributed by atoms with Crippen LogP contribution in [0.15, 0.2) is 0 Å². The zero-order valence-electron chi connectivity index (χ0n) is 15.1. The molecule has 0 saturated carbocycles. The summed E-state index contributed by atoms with van der Waals surface area (Å²) in [5, 5.41) is 36.7. The van der Waals surface area contributed by atoms with Crippen molar-refractivity contribution in [3.05, 3.63) is 0 Å². The molecule has 0 aromatic rings. The zero-order chi connectivity index (χ0) is 20.0. The Kier molecular flexibility index (Phi) is 8.37. The summed E-state index contributed by atoms with van der Waals surface area (Å²) in [5.41, 5.74) is 0. The summed E-state index contributed by atoms with van der Waals surface area (Å²) in [6, 6.07) is -2.20. The first-order valence-corrected chi connectivity index (χ1v) is 8.16. The molecule has 1 rings (SSSR count). The summed E-state index contributed by atoms with van der Waals surface area (Å²) in [7, 11) is 1.39. The van der Waals surface area contributed by atoms with Gasteiger partial charge in [0.05, 0.1) is 12.7 Å². The van der Waals surface area contributed by atoms with Gasteiger partial charge in [0.15, 0.2) is 6.29 Å². The Morgan fingerprint density at radius 1 is 1.15 bits per heavy atom. The monoisotopic (exact) mass is 377 g/mol. The molecular formula is C15H27N3O8. The van der Waals surface area contributed by atoms with Crippen molar-refractivity contribution in [3.63, 3.8) is 0 Å². The van der Waals surface area contributed by atoms with E-state index < -0.39 is 67.1 Å². The molecule has 1 fully saturated rings. The summed E-state index contributed by atoms with van der Waals surface area (Å²) in [4.78, 5) is 34.7. The quantitative estimate of drug-likeness (QED) is 0.267. The zero-order valence-corrected chi connectivity index (χ0v) is 15.1. The van der Waals surface area contributed by atoms with Crippen LogP contribution < -0.4 is 16.0 Å². The Morgan fingerprint density at radius 2 is 1.77 bits per heavy atom. The lowest BCUT2D eigenvalue weighted by Crippen LogP contribution is -2.65. The molecule has 1 aliphatic rings. The minimum Gasteiger partial charge on any atom is -0.394 e. The maximum Gasteiger partial charge on any atom is 0.245 e. The van der Waals surface area contributed by atoms with E-state index in [2.05, 4.69) is 16.0 Å². The molecule has 7 atom stereocenters. The molecule has 0 unspecified atom stereocenters. The van der Waals surface area contributed by atoms with Crippen molar-refractivity contribution in [1.29, 1.82) is 0 Å². The first kappa shape index (κ1) is 22.3. The van der Waals surface area contributed by atoms with Crippen LogP contribution in [0.1, 0.15) is 20.8 Å². The fourth-order valence-electron chi connectivity index (χ4n) is 2.65. The Hall–Kier alpha value is -1.79. The number of likely N-dealkylation sites (N-methyl/N-ethyl adjacent to an activating group) is 1. The smallest absolute Gasteiger partial charge is 0.245 e. The van der Waals surface area contributed by atoms with Gasteiger partial charge >= 0.3 is 0 Å². The van der Waals surface area contributed by atoms with E-state index in [9.17, 15) is 29.7 Å². The predicted octanol–water partition coefficient (Wildman–Crippen LogP) is -3.41. The number of hydrogen-bond acceptors (Lipinski definition) is 8. The van der Waals surface area contributed by atoms with Crippen LogP contribution in [-0.4, -0.2) is 89.5 Å². The van der Waals surface area contributed by atoms with Crippen LogP contribution in [0.5, 0.6) is 0 Å². The second-order valence-corrected chi connectivity index (χ2v) is 6.07. The van der Waals surface area contributed by atoms with E-state index in [1.54, 1.807) is 0 Å². The average Bonchev–Trinajstić information content (AvgIpc) is 2.57. The van der Waals surface area contributed by atoms with Crippen molar-refractivity contribution in [3.8, 4) is 0 Å². The van der Waals surface area contributed by atoms with Crippen LogP contribution in [-0.2, 0) is 23.9 Å².